The average molecular weight is 984 g/mol. The van der Waals surface area contributed by atoms with Crippen LogP contribution in [-0.2, 0) is 23.7 Å². The smallest absolute Gasteiger partial charge is 0.481 e. The van der Waals surface area contributed by atoms with Crippen molar-refractivity contribution in [1.29, 1.82) is 0 Å². The van der Waals surface area contributed by atoms with Crippen molar-refractivity contribution in [1.82, 2.24) is 9.80 Å². The average Bonchev–Trinajstić information content (AvgIpc) is 4.09. The van der Waals surface area contributed by atoms with E-state index in [1.807, 2.05) is 20.8 Å². The predicted octanol–water partition coefficient (Wildman–Crippen LogP) is 9.58. The third-order valence-electron chi connectivity index (χ3n) is 24.6. The molecule has 18 aliphatic rings. The maximum Gasteiger partial charge on any atom is 0.481 e. The van der Waals surface area contributed by atoms with Crippen LogP contribution in [0.4, 0.5) is 0 Å². The highest BCUT2D eigenvalue weighted by molar-refractivity contribution is 6.48. The fourth-order valence-corrected chi connectivity index (χ4v) is 22.0. The maximum atomic E-state index is 14.0. The molecule has 5 N–H and O–H groups in total. The molecule has 3 aliphatic heterocycles. The van der Waals surface area contributed by atoms with Crippen LogP contribution in [0.3, 0.4) is 0 Å². The molecule has 2 amide bonds. The molecule has 18 rings (SSSR count). The molecule has 3 heterocycles. The zero-order valence-electron chi connectivity index (χ0n) is 45.2. The number of amides is 2. The molecule has 71 heavy (non-hydrogen) atoms. The number of carbonyl (C=O) groups excluding carboxylic acids is 2. The number of aliphatic carboxylic acids is 1. The lowest BCUT2D eigenvalue weighted by molar-refractivity contribution is -0.199. The topological polar surface area (TPSA) is 163 Å². The first-order valence-corrected chi connectivity index (χ1v) is 30.1. The lowest BCUT2D eigenvalue weighted by Crippen LogP contribution is -2.65. The molecule has 15 aliphatic carbocycles. The van der Waals surface area contributed by atoms with E-state index in [1.165, 1.54) is 103 Å². The molecule has 0 aromatic heterocycles. The van der Waals surface area contributed by atoms with Gasteiger partial charge in [0.1, 0.15) is 0 Å². The zero-order valence-corrected chi connectivity index (χ0v) is 45.2. The number of rotatable bonds is 8. The van der Waals surface area contributed by atoms with Crippen LogP contribution in [0.2, 0.25) is 0 Å². The molecule has 9 atom stereocenters. The third-order valence-corrected chi connectivity index (χ3v) is 24.6. The van der Waals surface area contributed by atoms with Crippen LogP contribution in [0, 0.1) is 98.6 Å². The Kier molecular flexibility index (Phi) is 13.6. The van der Waals surface area contributed by atoms with Crippen LogP contribution < -0.4 is 5.73 Å². The Morgan fingerprint density at radius 3 is 1.46 bits per heavy atom. The summed E-state index contributed by atoms with van der Waals surface area (Å²) in [7, 11) is -1.68. The summed E-state index contributed by atoms with van der Waals surface area (Å²) in [6.45, 7) is 16.9. The van der Waals surface area contributed by atoms with Gasteiger partial charge in [0.15, 0.2) is 0 Å². The molecule has 396 valence electrons. The highest BCUT2D eigenvalue weighted by Gasteiger charge is 2.69. The highest BCUT2D eigenvalue weighted by atomic mass is 16.7. The van der Waals surface area contributed by atoms with Crippen molar-refractivity contribution < 1.29 is 38.8 Å². The molecule has 14 bridgehead atoms. The van der Waals surface area contributed by atoms with Crippen LogP contribution in [-0.4, -0.2) is 99.7 Å². The monoisotopic (exact) mass is 984 g/mol. The molecule has 18 fully saturated rings. The van der Waals surface area contributed by atoms with Gasteiger partial charge in [-0.2, -0.15) is 0 Å². The summed E-state index contributed by atoms with van der Waals surface area (Å²) in [5.74, 6) is 8.39. The molecule has 0 radical (unpaired) electrons. The number of hydrogen-bond acceptors (Lipinski definition) is 8. The largest absolute Gasteiger partial charge is 0.481 e. The van der Waals surface area contributed by atoms with E-state index in [0.717, 1.165) is 111 Å². The summed E-state index contributed by atoms with van der Waals surface area (Å²) in [5, 5.41) is 28.3. The van der Waals surface area contributed by atoms with Gasteiger partial charge >= 0.3 is 20.2 Å². The van der Waals surface area contributed by atoms with Crippen molar-refractivity contribution in [2.75, 3.05) is 13.1 Å². The molecule has 0 spiro atoms. The molecular weight excluding hydrogens is 888 g/mol. The first kappa shape index (κ1) is 51.4. The molecule has 3 saturated heterocycles. The van der Waals surface area contributed by atoms with Crippen molar-refractivity contribution in [3.63, 3.8) is 0 Å². The van der Waals surface area contributed by atoms with Crippen LogP contribution >= 0.6 is 0 Å². The number of carbonyl (C=O) groups is 3. The minimum absolute atomic E-state index is 0.0145. The summed E-state index contributed by atoms with van der Waals surface area (Å²) < 4.78 is 13.5. The predicted molar refractivity (Wildman–Crippen MR) is 277 cm³/mol. The van der Waals surface area contributed by atoms with Crippen LogP contribution in [0.1, 0.15) is 203 Å². The quantitative estimate of drug-likeness (QED) is 0.174. The molecule has 13 heteroatoms. The summed E-state index contributed by atoms with van der Waals surface area (Å²) in [6, 6.07) is -0.458. The van der Waals surface area contributed by atoms with E-state index in [0.29, 0.717) is 30.2 Å². The van der Waals surface area contributed by atoms with Gasteiger partial charge in [-0.1, -0.05) is 41.5 Å². The first-order chi connectivity index (χ1) is 33.8. The lowest BCUT2D eigenvalue weighted by atomic mass is 9.43. The van der Waals surface area contributed by atoms with Gasteiger partial charge in [0.05, 0.1) is 35.5 Å². The molecule has 0 aromatic carbocycles. The molecule has 0 aromatic rings. The molecule has 11 nitrogen and oxygen atoms in total. The number of nitrogens with two attached hydrogens (primary N) is 1. The number of hydrogen-bond donors (Lipinski definition) is 4. The van der Waals surface area contributed by atoms with Gasteiger partial charge in [-0.3, -0.25) is 14.4 Å². The lowest BCUT2D eigenvalue weighted by Gasteiger charge is -2.64. The van der Waals surface area contributed by atoms with Gasteiger partial charge in [0.25, 0.3) is 0 Å². The second-order valence-electron chi connectivity index (χ2n) is 28.8. The Morgan fingerprint density at radius 2 is 1.03 bits per heavy atom. The van der Waals surface area contributed by atoms with Gasteiger partial charge in [-0.05, 0) is 248 Å². The molecular formula is C58H95B2N3O8. The SMILES string of the molecule is CC.C[C@H](C(=O)N1CCC[C@H]1B1O[C@@H]2C[C@@H]3C[C@@H](C3(C)C)[C@]2(C)O1)C12CC3CC(CC(C3)C1)C2.C[C@H](C(=O)O)C12CC3CC(CC(C3)C1)C2.N[C@H](C(=O)N1CCC[C@H]1B(O)O)C12CC3CC(CC(C3)C1)C2. The van der Waals surface area contributed by atoms with E-state index in [1.54, 1.807) is 4.90 Å². The number of likely N-dealkylation sites (tertiary alicyclic amines) is 2. The van der Waals surface area contributed by atoms with E-state index in [-0.39, 0.29) is 58.8 Å². The summed E-state index contributed by atoms with van der Waals surface area (Å²) >= 11 is 0. The fourth-order valence-electron chi connectivity index (χ4n) is 22.0. The summed E-state index contributed by atoms with van der Waals surface area (Å²) in [5.41, 5.74) is 7.14. The minimum Gasteiger partial charge on any atom is -0.481 e. The van der Waals surface area contributed by atoms with Crippen LogP contribution in [0.5, 0.6) is 0 Å². The van der Waals surface area contributed by atoms with E-state index in [4.69, 9.17) is 15.0 Å². The van der Waals surface area contributed by atoms with Gasteiger partial charge in [0, 0.05) is 19.0 Å². The normalized spacial score (nSPS) is 48.3. The van der Waals surface area contributed by atoms with Crippen LogP contribution in [0.25, 0.3) is 0 Å². The van der Waals surface area contributed by atoms with Crippen molar-refractivity contribution >= 4 is 32.0 Å². The van der Waals surface area contributed by atoms with Crippen molar-refractivity contribution in [3.8, 4) is 0 Å². The second-order valence-corrected chi connectivity index (χ2v) is 28.8. The van der Waals surface area contributed by atoms with Crippen LogP contribution in [0.15, 0.2) is 0 Å². The van der Waals surface area contributed by atoms with Gasteiger partial charge in [0.2, 0.25) is 11.8 Å². The second kappa shape index (κ2) is 18.8. The summed E-state index contributed by atoms with van der Waals surface area (Å²) in [6.07, 6.45) is 29.6. The Labute approximate surface area is 428 Å². The number of nitrogens with zero attached hydrogens (tertiary/aromatic N) is 2. The van der Waals surface area contributed by atoms with E-state index in [9.17, 15) is 29.5 Å². The Balaban J connectivity index is 0.000000122. The van der Waals surface area contributed by atoms with E-state index in [2.05, 4.69) is 32.6 Å². The van der Waals surface area contributed by atoms with Gasteiger partial charge in [-0.25, -0.2) is 0 Å². The Hall–Kier alpha value is -1.66. The van der Waals surface area contributed by atoms with Crippen molar-refractivity contribution in [2.24, 2.45) is 104 Å². The minimum atomic E-state index is -1.45. The number of carboxylic acids is 1. The number of carboxylic acid groups (broad SMARTS) is 1. The molecule has 15 saturated carbocycles. The standard InChI is InChI=1S/C27H42BNO3.C16H27BN2O3.C13H20O2.C2H6/c1-16(27-13-17-8-18(14-27)10-19(9-17)15-27)24(30)29-7-5-6-23(29)28-31-22-12-20-11-21(25(20,2)3)26(22,4)32-28;18-14(15(20)19-3-1-2-13(19)17(21)22)16-7-10-4-11(8-16)6-12(5-10)9-16;1-8(12(14)15)13-5-9-2-10(6-13)4-11(3-9)7-13;1-2/h16-23H,5-15H2,1-4H3;10-14,21-22H,1-9,18H2;8-11H,2-7H2,1H3,(H,14,15);1-2H3/t16-,17?,18?,19?,20+,21+,22-,23+,26+,27?;10?,11?,12?,13-,14+,16?;8-,9?,10?,11?,13?;/m101./s1. The van der Waals surface area contributed by atoms with Crippen molar-refractivity contribution in [2.45, 2.75) is 232 Å². The van der Waals surface area contributed by atoms with Crippen molar-refractivity contribution in [3.05, 3.63) is 0 Å². The molecule has 0 unspecified atom stereocenters. The van der Waals surface area contributed by atoms with E-state index < -0.39 is 25.1 Å². The maximum absolute atomic E-state index is 14.0. The Morgan fingerprint density at radius 1 is 0.606 bits per heavy atom. The third kappa shape index (κ3) is 8.66. The Bertz CT molecular complexity index is 1910. The van der Waals surface area contributed by atoms with Gasteiger partial charge < -0.3 is 40.0 Å². The fraction of sp³-hybridized carbons (Fsp3) is 0.948. The summed E-state index contributed by atoms with van der Waals surface area (Å²) in [4.78, 5) is 42.0. The van der Waals surface area contributed by atoms with E-state index >= 15 is 0 Å². The highest BCUT2D eigenvalue weighted by Crippen LogP contribution is 2.67. The zero-order chi connectivity index (χ0) is 50.2. The van der Waals surface area contributed by atoms with Gasteiger partial charge in [-0.15, -0.1) is 0 Å². The first-order valence-electron chi connectivity index (χ1n) is 30.1.